The van der Waals surface area contributed by atoms with Crippen LogP contribution in [0.1, 0.15) is 20.8 Å². The fourth-order valence-corrected chi connectivity index (χ4v) is 1.06. The van der Waals surface area contributed by atoms with Gasteiger partial charge in [-0.1, -0.05) is 0 Å². The number of carbonyl (C=O) groups is 1. The van der Waals surface area contributed by atoms with E-state index in [1.807, 2.05) is 0 Å². The molecule has 0 rings (SSSR count). The van der Waals surface area contributed by atoms with E-state index in [0.29, 0.717) is 0 Å². The van der Waals surface area contributed by atoms with Crippen LogP contribution in [-0.4, -0.2) is 44.8 Å². The topological polar surface area (TPSA) is 82.8 Å². The van der Waals surface area contributed by atoms with Crippen molar-refractivity contribution in [2.24, 2.45) is 5.73 Å². The van der Waals surface area contributed by atoms with Gasteiger partial charge < -0.3 is 25.3 Å². The Morgan fingerprint density at radius 2 is 1.81 bits per heavy atom. The first-order chi connectivity index (χ1) is 7.30. The molecule has 0 spiro atoms. The summed E-state index contributed by atoms with van der Waals surface area (Å²) in [4.78, 5) is 11.3. The zero-order valence-corrected chi connectivity index (χ0v) is 10.6. The van der Waals surface area contributed by atoms with Gasteiger partial charge in [-0.3, -0.25) is 0 Å². The smallest absolute Gasteiger partial charge is 0.407 e. The van der Waals surface area contributed by atoms with Gasteiger partial charge in [0.05, 0.1) is 6.04 Å². The summed E-state index contributed by atoms with van der Waals surface area (Å²) in [6, 6.07) is -0.442. The van der Waals surface area contributed by atoms with Gasteiger partial charge in [0.15, 0.2) is 6.29 Å². The van der Waals surface area contributed by atoms with E-state index in [-0.39, 0.29) is 6.54 Å². The average molecular weight is 234 g/mol. The molecule has 1 amide bonds. The highest BCUT2D eigenvalue weighted by molar-refractivity contribution is 5.67. The molecular weight excluding hydrogens is 212 g/mol. The summed E-state index contributed by atoms with van der Waals surface area (Å²) in [6.45, 7) is 5.60. The van der Waals surface area contributed by atoms with Gasteiger partial charge in [0.25, 0.3) is 0 Å². The lowest BCUT2D eigenvalue weighted by atomic mass is 10.2. The monoisotopic (exact) mass is 234 g/mol. The second-order valence-electron chi connectivity index (χ2n) is 4.39. The zero-order chi connectivity index (χ0) is 12.8. The van der Waals surface area contributed by atoms with Crippen LogP contribution in [0.3, 0.4) is 0 Å². The molecule has 6 heteroatoms. The van der Waals surface area contributed by atoms with E-state index in [4.69, 9.17) is 19.9 Å². The number of hydrogen-bond donors (Lipinski definition) is 2. The lowest BCUT2D eigenvalue weighted by Crippen LogP contribution is -2.47. The Balaban J connectivity index is 3.92. The van der Waals surface area contributed by atoms with Crippen LogP contribution in [0.4, 0.5) is 4.79 Å². The first-order valence-corrected chi connectivity index (χ1v) is 5.08. The molecule has 0 aromatic heterocycles. The molecule has 0 heterocycles. The predicted molar refractivity (Wildman–Crippen MR) is 60.0 cm³/mol. The molecule has 0 aromatic rings. The highest BCUT2D eigenvalue weighted by atomic mass is 16.7. The number of ether oxygens (including phenoxy) is 3. The third-order valence-electron chi connectivity index (χ3n) is 1.70. The Labute approximate surface area is 96.4 Å². The molecule has 0 bridgehead atoms. The number of methoxy groups -OCH3 is 2. The first-order valence-electron chi connectivity index (χ1n) is 5.08. The van der Waals surface area contributed by atoms with E-state index in [1.54, 1.807) is 20.8 Å². The van der Waals surface area contributed by atoms with Crippen molar-refractivity contribution in [2.75, 3.05) is 20.8 Å². The molecule has 0 aliphatic carbocycles. The number of nitrogens with two attached hydrogens (primary N) is 1. The van der Waals surface area contributed by atoms with E-state index < -0.39 is 24.0 Å². The van der Waals surface area contributed by atoms with Crippen LogP contribution in [0.2, 0.25) is 0 Å². The summed E-state index contributed by atoms with van der Waals surface area (Å²) < 4.78 is 15.0. The molecule has 0 fully saturated rings. The molecular formula is C10H22N2O4. The van der Waals surface area contributed by atoms with Crippen molar-refractivity contribution >= 4 is 6.09 Å². The SMILES string of the molecule is COC(OC)C(N)CNC(=O)OC(C)(C)C. The van der Waals surface area contributed by atoms with Crippen LogP contribution in [0, 0.1) is 0 Å². The largest absolute Gasteiger partial charge is 0.444 e. The fraction of sp³-hybridized carbons (Fsp3) is 0.900. The minimum absolute atomic E-state index is 0.223. The number of alkyl carbamates (subject to hydrolysis) is 1. The molecule has 0 aliphatic heterocycles. The van der Waals surface area contributed by atoms with Crippen molar-refractivity contribution in [1.29, 1.82) is 0 Å². The summed E-state index contributed by atoms with van der Waals surface area (Å²) in [5.41, 5.74) is 5.21. The van der Waals surface area contributed by atoms with Gasteiger partial charge in [0.1, 0.15) is 5.60 Å². The molecule has 1 unspecified atom stereocenters. The molecule has 0 saturated heterocycles. The number of nitrogens with one attached hydrogen (secondary N) is 1. The summed E-state index contributed by atoms with van der Waals surface area (Å²) in [6.07, 6.45) is -1.05. The predicted octanol–water partition coefficient (Wildman–Crippen LogP) is 0.457. The molecule has 6 nitrogen and oxygen atoms in total. The summed E-state index contributed by atoms with van der Waals surface area (Å²) >= 11 is 0. The van der Waals surface area contributed by atoms with Crippen molar-refractivity contribution in [2.45, 2.75) is 38.7 Å². The minimum Gasteiger partial charge on any atom is -0.444 e. The van der Waals surface area contributed by atoms with E-state index >= 15 is 0 Å². The third-order valence-corrected chi connectivity index (χ3v) is 1.70. The van der Waals surface area contributed by atoms with Crippen LogP contribution < -0.4 is 11.1 Å². The maximum atomic E-state index is 11.3. The van der Waals surface area contributed by atoms with Crippen molar-refractivity contribution in [3.63, 3.8) is 0 Å². The van der Waals surface area contributed by atoms with Gasteiger partial charge >= 0.3 is 6.09 Å². The Morgan fingerprint density at radius 1 is 1.31 bits per heavy atom. The van der Waals surface area contributed by atoms with Crippen LogP contribution in [0.15, 0.2) is 0 Å². The molecule has 3 N–H and O–H groups in total. The molecule has 0 aromatic carbocycles. The number of carbonyl (C=O) groups excluding carboxylic acids is 1. The van der Waals surface area contributed by atoms with Crippen molar-refractivity contribution in [3.05, 3.63) is 0 Å². The molecule has 1 atom stereocenters. The van der Waals surface area contributed by atoms with Gasteiger partial charge in [-0.25, -0.2) is 4.79 Å². The molecule has 0 aliphatic rings. The standard InChI is InChI=1S/C10H22N2O4/c1-10(2,3)16-9(13)12-6-7(11)8(14-4)15-5/h7-8H,6,11H2,1-5H3,(H,12,13). The van der Waals surface area contributed by atoms with Gasteiger partial charge in [0.2, 0.25) is 0 Å². The third kappa shape index (κ3) is 6.60. The summed E-state index contributed by atoms with van der Waals surface area (Å²) in [5, 5.41) is 2.54. The highest BCUT2D eigenvalue weighted by Crippen LogP contribution is 2.06. The van der Waals surface area contributed by atoms with Crippen LogP contribution in [0.25, 0.3) is 0 Å². The normalized spacial score (nSPS) is 13.7. The molecule has 0 saturated carbocycles. The maximum absolute atomic E-state index is 11.3. The Bertz CT molecular complexity index is 211. The summed E-state index contributed by atoms with van der Waals surface area (Å²) in [5.74, 6) is 0. The molecule has 0 radical (unpaired) electrons. The van der Waals surface area contributed by atoms with Crippen LogP contribution >= 0.6 is 0 Å². The van der Waals surface area contributed by atoms with Gasteiger partial charge in [-0.05, 0) is 20.8 Å². The first kappa shape index (κ1) is 15.2. The second kappa shape index (κ2) is 6.67. The van der Waals surface area contributed by atoms with E-state index in [0.717, 1.165) is 0 Å². The summed E-state index contributed by atoms with van der Waals surface area (Å²) in [7, 11) is 2.98. The average Bonchev–Trinajstić information content (AvgIpc) is 2.14. The van der Waals surface area contributed by atoms with Gasteiger partial charge in [0, 0.05) is 20.8 Å². The fourth-order valence-electron chi connectivity index (χ4n) is 1.06. The Kier molecular flexibility index (Phi) is 6.32. The number of rotatable bonds is 5. The quantitative estimate of drug-likeness (QED) is 0.675. The maximum Gasteiger partial charge on any atom is 0.407 e. The van der Waals surface area contributed by atoms with Gasteiger partial charge in [-0.2, -0.15) is 0 Å². The van der Waals surface area contributed by atoms with E-state index in [2.05, 4.69) is 5.32 Å². The minimum atomic E-state index is -0.546. The van der Waals surface area contributed by atoms with Crippen molar-refractivity contribution < 1.29 is 19.0 Å². The zero-order valence-electron chi connectivity index (χ0n) is 10.6. The van der Waals surface area contributed by atoms with Crippen molar-refractivity contribution in [1.82, 2.24) is 5.32 Å². The number of amides is 1. The van der Waals surface area contributed by atoms with E-state index in [1.165, 1.54) is 14.2 Å². The lowest BCUT2D eigenvalue weighted by molar-refractivity contribution is -0.115. The van der Waals surface area contributed by atoms with Crippen molar-refractivity contribution in [3.8, 4) is 0 Å². The van der Waals surface area contributed by atoms with Crippen LogP contribution in [-0.2, 0) is 14.2 Å². The van der Waals surface area contributed by atoms with E-state index in [9.17, 15) is 4.79 Å². The number of hydrogen-bond acceptors (Lipinski definition) is 5. The Hall–Kier alpha value is -0.850. The second-order valence-corrected chi connectivity index (χ2v) is 4.39. The van der Waals surface area contributed by atoms with Crippen LogP contribution in [0.5, 0.6) is 0 Å². The molecule has 16 heavy (non-hydrogen) atoms. The lowest BCUT2D eigenvalue weighted by Gasteiger charge is -2.23. The molecule has 96 valence electrons. The Morgan fingerprint density at radius 3 is 2.19 bits per heavy atom. The highest BCUT2D eigenvalue weighted by Gasteiger charge is 2.20. The van der Waals surface area contributed by atoms with Gasteiger partial charge in [-0.15, -0.1) is 0 Å².